The Bertz CT molecular complexity index is 231. The summed E-state index contributed by atoms with van der Waals surface area (Å²) in [5, 5.41) is 0. The second-order valence-electron chi connectivity index (χ2n) is 6.98. The molecule has 0 heterocycles. The molecular formula is C18H40NO2+. The van der Waals surface area contributed by atoms with Gasteiger partial charge in [-0.3, -0.25) is 0 Å². The van der Waals surface area contributed by atoms with E-state index in [1.54, 1.807) is 0 Å². The van der Waals surface area contributed by atoms with Gasteiger partial charge < -0.3 is 14.0 Å². The van der Waals surface area contributed by atoms with E-state index in [4.69, 9.17) is 9.47 Å². The predicted molar refractivity (Wildman–Crippen MR) is 91.7 cm³/mol. The lowest BCUT2D eigenvalue weighted by Crippen LogP contribution is -2.53. The zero-order chi connectivity index (χ0) is 16.1. The first kappa shape index (κ1) is 20.9. The molecule has 0 saturated carbocycles. The van der Waals surface area contributed by atoms with Gasteiger partial charge in [0.25, 0.3) is 0 Å². The van der Waals surface area contributed by atoms with Crippen LogP contribution in [0.1, 0.15) is 66.2 Å². The van der Waals surface area contributed by atoms with Crippen molar-refractivity contribution in [2.24, 2.45) is 0 Å². The second kappa shape index (κ2) is 12.4. The summed E-state index contributed by atoms with van der Waals surface area (Å²) in [5.41, 5.74) is 0. The SMILES string of the molecule is CCCCCOCC(C)[N+](C)(C)CC(C)OCCCCC. The Balaban J connectivity index is 3.86. The quantitative estimate of drug-likeness (QED) is 0.353. The molecule has 2 atom stereocenters. The van der Waals surface area contributed by atoms with Crippen molar-refractivity contribution in [2.75, 3.05) is 40.5 Å². The van der Waals surface area contributed by atoms with Crippen LogP contribution in [0.2, 0.25) is 0 Å². The Morgan fingerprint density at radius 3 is 2.00 bits per heavy atom. The van der Waals surface area contributed by atoms with Gasteiger partial charge in [0.05, 0.1) is 20.7 Å². The largest absolute Gasteiger partial charge is 0.375 e. The molecular weight excluding hydrogens is 262 g/mol. The molecule has 0 bridgehead atoms. The molecule has 128 valence electrons. The van der Waals surface area contributed by atoms with Gasteiger partial charge in [0.15, 0.2) is 0 Å². The van der Waals surface area contributed by atoms with E-state index in [0.29, 0.717) is 12.1 Å². The molecule has 0 saturated heterocycles. The van der Waals surface area contributed by atoms with E-state index >= 15 is 0 Å². The molecule has 0 aliphatic heterocycles. The van der Waals surface area contributed by atoms with Gasteiger partial charge in [-0.25, -0.2) is 0 Å². The highest BCUT2D eigenvalue weighted by atomic mass is 16.5. The Kier molecular flexibility index (Phi) is 12.4. The standard InChI is InChI=1S/C18H40NO2/c1-7-9-11-13-20-16-17(3)19(5,6)15-18(4)21-14-12-10-8-2/h17-18H,7-16H2,1-6H3/q+1. The first-order valence-corrected chi connectivity index (χ1v) is 8.96. The maximum absolute atomic E-state index is 5.93. The molecule has 0 N–H and O–H groups in total. The van der Waals surface area contributed by atoms with E-state index < -0.39 is 0 Å². The summed E-state index contributed by atoms with van der Waals surface area (Å²) in [6.45, 7) is 12.6. The Hall–Kier alpha value is -0.120. The van der Waals surface area contributed by atoms with Crippen molar-refractivity contribution in [3.8, 4) is 0 Å². The number of hydrogen-bond acceptors (Lipinski definition) is 2. The summed E-state index contributed by atoms with van der Waals surface area (Å²) in [5.74, 6) is 0. The van der Waals surface area contributed by atoms with E-state index in [1.807, 2.05) is 0 Å². The summed E-state index contributed by atoms with van der Waals surface area (Å²) in [6.07, 6.45) is 7.75. The van der Waals surface area contributed by atoms with Crippen LogP contribution < -0.4 is 0 Å². The third-order valence-corrected chi connectivity index (χ3v) is 4.32. The van der Waals surface area contributed by atoms with Crippen molar-refractivity contribution < 1.29 is 14.0 Å². The van der Waals surface area contributed by atoms with E-state index in [9.17, 15) is 0 Å². The number of quaternary nitrogens is 1. The van der Waals surface area contributed by atoms with Crippen LogP contribution in [0.4, 0.5) is 0 Å². The van der Waals surface area contributed by atoms with Crippen molar-refractivity contribution >= 4 is 0 Å². The molecule has 0 aromatic heterocycles. The highest BCUT2D eigenvalue weighted by Gasteiger charge is 2.26. The lowest BCUT2D eigenvalue weighted by atomic mass is 10.2. The van der Waals surface area contributed by atoms with Gasteiger partial charge in [-0.2, -0.15) is 0 Å². The van der Waals surface area contributed by atoms with Crippen molar-refractivity contribution in [1.82, 2.24) is 0 Å². The summed E-state index contributed by atoms with van der Waals surface area (Å²) in [6, 6.07) is 0.508. The first-order chi connectivity index (χ1) is 9.94. The van der Waals surface area contributed by atoms with Crippen molar-refractivity contribution in [3.63, 3.8) is 0 Å². The molecule has 0 aliphatic carbocycles. The monoisotopic (exact) mass is 302 g/mol. The van der Waals surface area contributed by atoms with E-state index in [-0.39, 0.29) is 0 Å². The maximum atomic E-state index is 5.93. The van der Waals surface area contributed by atoms with Crippen LogP contribution in [0.15, 0.2) is 0 Å². The van der Waals surface area contributed by atoms with Crippen LogP contribution in [0, 0.1) is 0 Å². The molecule has 21 heavy (non-hydrogen) atoms. The summed E-state index contributed by atoms with van der Waals surface area (Å²) >= 11 is 0. The Labute approximate surface area is 133 Å². The zero-order valence-corrected chi connectivity index (χ0v) is 15.5. The number of hydrogen-bond donors (Lipinski definition) is 0. The average Bonchev–Trinajstić information content (AvgIpc) is 2.42. The number of rotatable bonds is 14. The van der Waals surface area contributed by atoms with Gasteiger partial charge >= 0.3 is 0 Å². The van der Waals surface area contributed by atoms with Crippen LogP contribution in [0.3, 0.4) is 0 Å². The number of ether oxygens (including phenoxy) is 2. The number of nitrogens with zero attached hydrogens (tertiary/aromatic N) is 1. The minimum absolute atomic E-state index is 0.319. The van der Waals surface area contributed by atoms with Gasteiger partial charge in [0, 0.05) is 13.2 Å². The minimum atomic E-state index is 0.319. The highest BCUT2D eigenvalue weighted by molar-refractivity contribution is 4.55. The molecule has 0 aliphatic rings. The zero-order valence-electron chi connectivity index (χ0n) is 15.5. The molecule has 2 unspecified atom stereocenters. The fraction of sp³-hybridized carbons (Fsp3) is 1.00. The first-order valence-electron chi connectivity index (χ1n) is 8.96. The summed E-state index contributed by atoms with van der Waals surface area (Å²) < 4.78 is 12.7. The topological polar surface area (TPSA) is 18.5 Å². The Morgan fingerprint density at radius 2 is 1.43 bits per heavy atom. The Morgan fingerprint density at radius 1 is 0.857 bits per heavy atom. The fourth-order valence-electron chi connectivity index (χ4n) is 2.44. The van der Waals surface area contributed by atoms with Gasteiger partial charge in [-0.15, -0.1) is 0 Å². The third-order valence-electron chi connectivity index (χ3n) is 4.32. The van der Waals surface area contributed by atoms with Gasteiger partial charge in [-0.1, -0.05) is 39.5 Å². The van der Waals surface area contributed by atoms with E-state index in [0.717, 1.165) is 30.8 Å². The van der Waals surface area contributed by atoms with Crippen molar-refractivity contribution in [2.45, 2.75) is 78.4 Å². The van der Waals surface area contributed by atoms with E-state index in [1.165, 1.54) is 38.5 Å². The second-order valence-corrected chi connectivity index (χ2v) is 6.98. The predicted octanol–water partition coefficient (Wildman–Crippen LogP) is 4.25. The van der Waals surface area contributed by atoms with Gasteiger partial charge in [-0.05, 0) is 26.7 Å². The van der Waals surface area contributed by atoms with Crippen LogP contribution in [-0.4, -0.2) is 57.1 Å². The molecule has 0 radical (unpaired) electrons. The van der Waals surface area contributed by atoms with Crippen LogP contribution >= 0.6 is 0 Å². The van der Waals surface area contributed by atoms with Crippen LogP contribution in [-0.2, 0) is 9.47 Å². The average molecular weight is 303 g/mol. The molecule has 3 nitrogen and oxygen atoms in total. The molecule has 0 aromatic carbocycles. The molecule has 3 heteroatoms. The van der Waals surface area contributed by atoms with Gasteiger partial charge in [0.1, 0.15) is 18.7 Å². The molecule has 0 spiro atoms. The van der Waals surface area contributed by atoms with Crippen LogP contribution in [0.5, 0.6) is 0 Å². The van der Waals surface area contributed by atoms with E-state index in [2.05, 4.69) is 41.8 Å². The smallest absolute Gasteiger partial charge is 0.109 e. The number of likely N-dealkylation sites (N-methyl/N-ethyl adjacent to an activating group) is 1. The molecule has 0 aromatic rings. The van der Waals surface area contributed by atoms with Gasteiger partial charge in [0.2, 0.25) is 0 Å². The highest BCUT2D eigenvalue weighted by Crippen LogP contribution is 2.11. The minimum Gasteiger partial charge on any atom is -0.375 e. The summed E-state index contributed by atoms with van der Waals surface area (Å²) in [7, 11) is 4.57. The summed E-state index contributed by atoms with van der Waals surface area (Å²) in [4.78, 5) is 0. The maximum Gasteiger partial charge on any atom is 0.109 e. The third kappa shape index (κ3) is 11.1. The lowest BCUT2D eigenvalue weighted by molar-refractivity contribution is -0.916. The normalized spacial score (nSPS) is 15.1. The number of unbranched alkanes of at least 4 members (excludes halogenated alkanes) is 4. The molecule has 0 amide bonds. The van der Waals surface area contributed by atoms with Crippen molar-refractivity contribution in [3.05, 3.63) is 0 Å². The molecule has 0 fully saturated rings. The fourth-order valence-corrected chi connectivity index (χ4v) is 2.44. The van der Waals surface area contributed by atoms with Crippen LogP contribution in [0.25, 0.3) is 0 Å². The van der Waals surface area contributed by atoms with Crippen molar-refractivity contribution in [1.29, 1.82) is 0 Å². The molecule has 0 rings (SSSR count). The lowest BCUT2D eigenvalue weighted by Gasteiger charge is -2.37.